The monoisotopic (exact) mass is 247 g/mol. The lowest BCUT2D eigenvalue weighted by Gasteiger charge is -2.20. The third-order valence-corrected chi connectivity index (χ3v) is 3.41. The van der Waals surface area contributed by atoms with Crippen molar-refractivity contribution in [3.63, 3.8) is 0 Å². The first-order valence-electron chi connectivity index (χ1n) is 6.28. The van der Waals surface area contributed by atoms with Crippen molar-refractivity contribution in [1.29, 1.82) is 0 Å². The SMILES string of the molecule is Cc1ccc2c(c1)nc(C(C)N(C)C)n2CCO. The lowest BCUT2D eigenvalue weighted by molar-refractivity contribution is 0.262. The van der Waals surface area contributed by atoms with Crippen LogP contribution in [-0.4, -0.2) is 40.3 Å². The summed E-state index contributed by atoms with van der Waals surface area (Å²) in [5.74, 6) is 1.01. The van der Waals surface area contributed by atoms with Gasteiger partial charge in [0.05, 0.1) is 23.7 Å². The molecule has 0 spiro atoms. The van der Waals surface area contributed by atoms with Crippen LogP contribution in [0.4, 0.5) is 0 Å². The molecule has 0 aliphatic heterocycles. The van der Waals surface area contributed by atoms with Crippen molar-refractivity contribution < 1.29 is 5.11 Å². The van der Waals surface area contributed by atoms with Crippen LogP contribution in [0.25, 0.3) is 11.0 Å². The third-order valence-electron chi connectivity index (χ3n) is 3.41. The van der Waals surface area contributed by atoms with Crippen LogP contribution in [0.1, 0.15) is 24.4 Å². The molecule has 1 aromatic heterocycles. The second kappa shape index (κ2) is 5.08. The normalized spacial score (nSPS) is 13.4. The number of aromatic nitrogens is 2. The van der Waals surface area contributed by atoms with E-state index in [4.69, 9.17) is 4.98 Å². The van der Waals surface area contributed by atoms with Gasteiger partial charge in [-0.25, -0.2) is 4.98 Å². The molecule has 0 fully saturated rings. The van der Waals surface area contributed by atoms with Crippen LogP contribution in [0.2, 0.25) is 0 Å². The van der Waals surface area contributed by atoms with E-state index in [1.165, 1.54) is 5.56 Å². The third kappa shape index (κ3) is 2.26. The minimum absolute atomic E-state index is 0.131. The molecule has 1 atom stereocenters. The van der Waals surface area contributed by atoms with Crippen LogP contribution in [0.5, 0.6) is 0 Å². The molecule has 18 heavy (non-hydrogen) atoms. The lowest BCUT2D eigenvalue weighted by Crippen LogP contribution is -2.21. The molecular weight excluding hydrogens is 226 g/mol. The van der Waals surface area contributed by atoms with E-state index in [0.717, 1.165) is 16.9 Å². The molecule has 98 valence electrons. The molecule has 2 aromatic rings. The van der Waals surface area contributed by atoms with Gasteiger partial charge in [0.1, 0.15) is 5.82 Å². The number of imidazole rings is 1. The van der Waals surface area contributed by atoms with Gasteiger partial charge in [0, 0.05) is 6.54 Å². The molecule has 0 aliphatic carbocycles. The largest absolute Gasteiger partial charge is 0.395 e. The van der Waals surface area contributed by atoms with Gasteiger partial charge in [0.2, 0.25) is 0 Å². The maximum atomic E-state index is 9.23. The minimum Gasteiger partial charge on any atom is -0.395 e. The molecule has 0 bridgehead atoms. The Balaban J connectivity index is 2.60. The summed E-state index contributed by atoms with van der Waals surface area (Å²) in [6.45, 7) is 4.92. The number of benzene rings is 1. The Bertz CT molecular complexity index is 545. The summed E-state index contributed by atoms with van der Waals surface area (Å²) in [5, 5.41) is 9.23. The summed E-state index contributed by atoms with van der Waals surface area (Å²) in [6, 6.07) is 6.49. The number of aliphatic hydroxyl groups excluding tert-OH is 1. The average molecular weight is 247 g/mol. The first-order valence-corrected chi connectivity index (χ1v) is 6.28. The lowest BCUT2D eigenvalue weighted by atomic mass is 10.2. The Labute approximate surface area is 108 Å². The molecule has 1 heterocycles. The van der Waals surface area contributed by atoms with Gasteiger partial charge in [-0.15, -0.1) is 0 Å². The van der Waals surface area contributed by atoms with E-state index in [2.05, 4.69) is 41.5 Å². The Hall–Kier alpha value is -1.39. The Kier molecular flexibility index (Phi) is 3.68. The zero-order chi connectivity index (χ0) is 13.3. The van der Waals surface area contributed by atoms with Crippen LogP contribution >= 0.6 is 0 Å². The molecule has 4 heteroatoms. The van der Waals surface area contributed by atoms with Crippen molar-refractivity contribution in [2.24, 2.45) is 0 Å². The first-order chi connectivity index (χ1) is 8.54. The molecule has 0 aliphatic rings. The molecule has 1 unspecified atom stereocenters. The van der Waals surface area contributed by atoms with Crippen LogP contribution in [0.15, 0.2) is 18.2 Å². The molecule has 1 N–H and O–H groups in total. The van der Waals surface area contributed by atoms with Gasteiger partial charge in [0.25, 0.3) is 0 Å². The van der Waals surface area contributed by atoms with Gasteiger partial charge in [-0.1, -0.05) is 6.07 Å². The van der Waals surface area contributed by atoms with Crippen LogP contribution in [0.3, 0.4) is 0 Å². The van der Waals surface area contributed by atoms with E-state index in [9.17, 15) is 5.11 Å². The Morgan fingerprint density at radius 3 is 2.72 bits per heavy atom. The van der Waals surface area contributed by atoms with Crippen LogP contribution in [-0.2, 0) is 6.54 Å². The van der Waals surface area contributed by atoms with Crippen molar-refractivity contribution in [2.75, 3.05) is 20.7 Å². The van der Waals surface area contributed by atoms with E-state index >= 15 is 0 Å². The molecule has 0 amide bonds. The second-order valence-electron chi connectivity index (χ2n) is 4.98. The number of aryl methyl sites for hydroxylation is 1. The minimum atomic E-state index is 0.131. The van der Waals surface area contributed by atoms with Gasteiger partial charge in [-0.2, -0.15) is 0 Å². The van der Waals surface area contributed by atoms with E-state index in [1.807, 2.05) is 14.1 Å². The zero-order valence-corrected chi connectivity index (χ0v) is 11.5. The number of hydrogen-bond donors (Lipinski definition) is 1. The quantitative estimate of drug-likeness (QED) is 0.898. The van der Waals surface area contributed by atoms with Gasteiger partial charge in [-0.05, 0) is 45.6 Å². The summed E-state index contributed by atoms with van der Waals surface area (Å²) >= 11 is 0. The maximum Gasteiger partial charge on any atom is 0.127 e. The predicted octanol–water partition coefficient (Wildman–Crippen LogP) is 1.96. The molecule has 0 saturated carbocycles. The van der Waals surface area contributed by atoms with E-state index in [0.29, 0.717) is 6.54 Å². The Morgan fingerprint density at radius 2 is 2.11 bits per heavy atom. The van der Waals surface area contributed by atoms with Crippen molar-refractivity contribution in [2.45, 2.75) is 26.4 Å². The second-order valence-corrected chi connectivity index (χ2v) is 4.98. The smallest absolute Gasteiger partial charge is 0.127 e. The van der Waals surface area contributed by atoms with Crippen molar-refractivity contribution in [3.8, 4) is 0 Å². The summed E-state index contributed by atoms with van der Waals surface area (Å²) in [7, 11) is 4.08. The Morgan fingerprint density at radius 1 is 1.39 bits per heavy atom. The maximum absolute atomic E-state index is 9.23. The number of rotatable bonds is 4. The predicted molar refractivity (Wildman–Crippen MR) is 73.7 cm³/mol. The molecular formula is C14H21N3O. The topological polar surface area (TPSA) is 41.3 Å². The molecule has 2 rings (SSSR count). The van der Waals surface area contributed by atoms with Crippen LogP contribution < -0.4 is 0 Å². The van der Waals surface area contributed by atoms with Crippen molar-refractivity contribution in [1.82, 2.24) is 14.5 Å². The summed E-state index contributed by atoms with van der Waals surface area (Å²) in [4.78, 5) is 6.85. The standard InChI is InChI=1S/C14H21N3O/c1-10-5-6-13-12(9-10)15-14(11(2)16(3)4)17(13)7-8-18/h5-6,9,11,18H,7-8H2,1-4H3. The summed E-state index contributed by atoms with van der Waals surface area (Å²) < 4.78 is 2.11. The van der Waals surface area contributed by atoms with Gasteiger partial charge in [-0.3, -0.25) is 4.90 Å². The molecule has 0 radical (unpaired) electrons. The first kappa shape index (κ1) is 13.1. The molecule has 0 saturated heterocycles. The molecule has 4 nitrogen and oxygen atoms in total. The van der Waals surface area contributed by atoms with E-state index in [-0.39, 0.29) is 12.6 Å². The number of nitrogens with zero attached hydrogens (tertiary/aromatic N) is 3. The summed E-state index contributed by atoms with van der Waals surface area (Å²) in [6.07, 6.45) is 0. The average Bonchev–Trinajstić information content (AvgIpc) is 2.66. The highest BCUT2D eigenvalue weighted by Crippen LogP contribution is 2.23. The highest BCUT2D eigenvalue weighted by Gasteiger charge is 2.17. The van der Waals surface area contributed by atoms with Crippen molar-refractivity contribution >= 4 is 11.0 Å². The number of hydrogen-bond acceptors (Lipinski definition) is 3. The van der Waals surface area contributed by atoms with Crippen molar-refractivity contribution in [3.05, 3.63) is 29.6 Å². The van der Waals surface area contributed by atoms with E-state index in [1.54, 1.807) is 0 Å². The van der Waals surface area contributed by atoms with Gasteiger partial charge >= 0.3 is 0 Å². The fourth-order valence-electron chi connectivity index (χ4n) is 2.14. The highest BCUT2D eigenvalue weighted by molar-refractivity contribution is 5.77. The summed E-state index contributed by atoms with van der Waals surface area (Å²) in [5.41, 5.74) is 3.31. The number of aliphatic hydroxyl groups is 1. The molecule has 1 aromatic carbocycles. The highest BCUT2D eigenvalue weighted by atomic mass is 16.3. The fourth-order valence-corrected chi connectivity index (χ4v) is 2.14. The van der Waals surface area contributed by atoms with Crippen LogP contribution in [0, 0.1) is 6.92 Å². The van der Waals surface area contributed by atoms with Gasteiger partial charge in [0.15, 0.2) is 0 Å². The van der Waals surface area contributed by atoms with Gasteiger partial charge < -0.3 is 9.67 Å². The van der Waals surface area contributed by atoms with E-state index < -0.39 is 0 Å². The zero-order valence-electron chi connectivity index (χ0n) is 11.5. The number of fused-ring (bicyclic) bond motifs is 1. The fraction of sp³-hybridized carbons (Fsp3) is 0.500.